The Morgan fingerprint density at radius 2 is 2.00 bits per heavy atom. The molecule has 1 unspecified atom stereocenters. The van der Waals surface area contributed by atoms with Gasteiger partial charge in [-0.1, -0.05) is 48.0 Å². The highest BCUT2D eigenvalue weighted by atomic mass is 35.5. The van der Waals surface area contributed by atoms with Crippen molar-refractivity contribution < 1.29 is 9.53 Å². The molecule has 1 aliphatic carbocycles. The van der Waals surface area contributed by atoms with Gasteiger partial charge in [-0.2, -0.15) is 0 Å². The summed E-state index contributed by atoms with van der Waals surface area (Å²) in [4.78, 5) is 14.8. The number of Topliss-reactive ketones (excluding diaryl/α,β-unsaturated/α-hetero) is 1. The first-order chi connectivity index (χ1) is 14.1. The van der Waals surface area contributed by atoms with Crippen LogP contribution in [-0.4, -0.2) is 22.3 Å². The molecule has 0 radical (unpaired) electrons. The smallest absolute Gasteiger partial charge is 0.173 e. The summed E-state index contributed by atoms with van der Waals surface area (Å²) < 4.78 is 5.88. The maximum absolute atomic E-state index is 12.8. The third-order valence-corrected chi connectivity index (χ3v) is 6.03. The summed E-state index contributed by atoms with van der Waals surface area (Å²) in [6.07, 6.45) is 2.32. The summed E-state index contributed by atoms with van der Waals surface area (Å²) in [6.45, 7) is 3.25. The van der Waals surface area contributed by atoms with Gasteiger partial charge in [-0.3, -0.25) is 4.79 Å². The fourth-order valence-electron chi connectivity index (χ4n) is 3.98. The van der Waals surface area contributed by atoms with E-state index in [1.54, 1.807) is 0 Å². The molecule has 2 aromatic carbocycles. The molecule has 0 saturated heterocycles. The maximum Gasteiger partial charge on any atom is 0.173 e. The first kappa shape index (κ1) is 19.9. The topological polar surface area (TPSA) is 41.6 Å². The minimum absolute atomic E-state index is 0.185. The van der Waals surface area contributed by atoms with Gasteiger partial charge in [0.15, 0.2) is 10.9 Å². The third-order valence-electron chi connectivity index (χ3n) is 5.40. The van der Waals surface area contributed by atoms with Crippen LogP contribution in [0.1, 0.15) is 43.4 Å². The number of hydrogen-bond acceptors (Lipinski definition) is 3. The van der Waals surface area contributed by atoms with Crippen LogP contribution in [0.3, 0.4) is 0 Å². The van der Waals surface area contributed by atoms with Gasteiger partial charge in [0.1, 0.15) is 12.4 Å². The van der Waals surface area contributed by atoms with Crippen molar-refractivity contribution in [3.63, 3.8) is 0 Å². The van der Waals surface area contributed by atoms with E-state index < -0.39 is 0 Å². The lowest BCUT2D eigenvalue weighted by Gasteiger charge is -2.40. The molecule has 2 aromatic rings. The van der Waals surface area contributed by atoms with E-state index >= 15 is 0 Å². The molecule has 6 heteroatoms. The lowest BCUT2D eigenvalue weighted by atomic mass is 9.85. The molecule has 0 aromatic heterocycles. The Balaban J connectivity index is 1.61. The summed E-state index contributed by atoms with van der Waals surface area (Å²) >= 11 is 12.1. The fourth-order valence-corrected chi connectivity index (χ4v) is 4.58. The number of carbonyl (C=O) groups is 1. The predicted octanol–water partition coefficient (Wildman–Crippen LogP) is 5.18. The lowest BCUT2D eigenvalue weighted by Crippen LogP contribution is -2.49. The Kier molecular flexibility index (Phi) is 5.88. The number of thiocarbonyl (C=S) groups is 1. The van der Waals surface area contributed by atoms with Crippen molar-refractivity contribution in [3.05, 3.63) is 76.0 Å². The molecule has 1 atom stereocenters. The van der Waals surface area contributed by atoms with Crippen LogP contribution in [0.25, 0.3) is 0 Å². The van der Waals surface area contributed by atoms with Crippen LogP contribution in [0.5, 0.6) is 5.75 Å². The van der Waals surface area contributed by atoms with Gasteiger partial charge in [-0.25, -0.2) is 0 Å². The number of hydrogen-bond donors (Lipinski definition) is 1. The highest BCUT2D eigenvalue weighted by Crippen LogP contribution is 2.39. The molecule has 4 nitrogen and oxygen atoms in total. The molecule has 0 bridgehead atoms. The second-order valence-electron chi connectivity index (χ2n) is 7.23. The minimum Gasteiger partial charge on any atom is -0.487 e. The molecule has 1 aliphatic heterocycles. The van der Waals surface area contributed by atoms with Crippen LogP contribution in [0.2, 0.25) is 5.02 Å². The number of nitrogens with one attached hydrogen (secondary N) is 1. The van der Waals surface area contributed by atoms with Crippen LogP contribution >= 0.6 is 23.8 Å². The Labute approximate surface area is 181 Å². The van der Waals surface area contributed by atoms with E-state index in [1.807, 2.05) is 60.4 Å². The summed E-state index contributed by atoms with van der Waals surface area (Å²) in [5.41, 5.74) is 3.87. The van der Waals surface area contributed by atoms with Gasteiger partial charge in [0.25, 0.3) is 0 Å². The molecule has 0 amide bonds. The monoisotopic (exact) mass is 426 g/mol. The van der Waals surface area contributed by atoms with E-state index in [9.17, 15) is 4.79 Å². The molecular weight excluding hydrogens is 404 g/mol. The number of rotatable bonds is 5. The molecule has 150 valence electrons. The number of ketones is 1. The van der Waals surface area contributed by atoms with Crippen molar-refractivity contribution in [1.82, 2.24) is 10.2 Å². The van der Waals surface area contributed by atoms with E-state index in [0.29, 0.717) is 28.9 Å². The van der Waals surface area contributed by atoms with Gasteiger partial charge >= 0.3 is 0 Å². The third kappa shape index (κ3) is 4.02. The lowest BCUT2D eigenvalue weighted by molar-refractivity contribution is -0.116. The number of allylic oxidation sites excluding steroid dienone is 1. The Morgan fingerprint density at radius 3 is 2.72 bits per heavy atom. The van der Waals surface area contributed by atoms with Crippen LogP contribution in [0.15, 0.2) is 59.8 Å². The Hall–Kier alpha value is -2.37. The van der Waals surface area contributed by atoms with Crippen molar-refractivity contribution in [2.24, 2.45) is 0 Å². The van der Waals surface area contributed by atoms with E-state index in [4.69, 9.17) is 28.6 Å². The van der Waals surface area contributed by atoms with Crippen LogP contribution in [0.4, 0.5) is 0 Å². The second kappa shape index (κ2) is 8.56. The van der Waals surface area contributed by atoms with Gasteiger partial charge < -0.3 is 15.0 Å². The van der Waals surface area contributed by atoms with Crippen molar-refractivity contribution in [1.29, 1.82) is 0 Å². The molecule has 29 heavy (non-hydrogen) atoms. The number of benzene rings is 2. The van der Waals surface area contributed by atoms with E-state index in [1.165, 1.54) is 0 Å². The van der Waals surface area contributed by atoms with Crippen LogP contribution < -0.4 is 10.1 Å². The summed E-state index contributed by atoms with van der Waals surface area (Å²) in [7, 11) is 0. The van der Waals surface area contributed by atoms with E-state index in [0.717, 1.165) is 41.8 Å². The molecule has 0 fully saturated rings. The van der Waals surface area contributed by atoms with Crippen molar-refractivity contribution >= 4 is 34.7 Å². The average molecular weight is 427 g/mol. The predicted molar refractivity (Wildman–Crippen MR) is 119 cm³/mol. The van der Waals surface area contributed by atoms with Crippen molar-refractivity contribution in [2.45, 2.75) is 38.8 Å². The zero-order valence-electron chi connectivity index (χ0n) is 16.3. The number of nitrogens with zero attached hydrogens (tertiary/aromatic N) is 1. The Bertz CT molecular complexity index is 974. The number of carbonyl (C=O) groups excluding carboxylic acids is 1. The van der Waals surface area contributed by atoms with Crippen molar-refractivity contribution in [3.8, 4) is 5.75 Å². The number of ether oxygens (including phenoxy) is 1. The highest BCUT2D eigenvalue weighted by molar-refractivity contribution is 7.80. The quantitative estimate of drug-likeness (QED) is 0.667. The minimum atomic E-state index is -0.270. The van der Waals surface area contributed by atoms with Gasteiger partial charge in [-0.05, 0) is 55.2 Å². The van der Waals surface area contributed by atoms with E-state index in [-0.39, 0.29) is 11.8 Å². The number of halogens is 1. The molecule has 0 saturated carbocycles. The van der Waals surface area contributed by atoms with Gasteiger partial charge in [0.2, 0.25) is 0 Å². The standard InChI is InChI=1S/C23H23ClN2O2S/c1-2-26-18-9-6-10-19(27)21(18)22(25-23(26)29)16-11-12-20(17(24)13-16)28-14-15-7-4-3-5-8-15/h3-5,7-8,11-13,22H,2,6,9-10,14H2,1H3,(H,25,29). The summed E-state index contributed by atoms with van der Waals surface area (Å²) in [6, 6.07) is 15.4. The van der Waals surface area contributed by atoms with Gasteiger partial charge in [0.05, 0.1) is 11.1 Å². The largest absolute Gasteiger partial charge is 0.487 e. The highest BCUT2D eigenvalue weighted by Gasteiger charge is 2.36. The SMILES string of the molecule is CCN1C(=S)NC(c2ccc(OCc3ccccc3)c(Cl)c2)C2=C1CCCC2=O. The molecule has 1 N–H and O–H groups in total. The first-order valence-electron chi connectivity index (χ1n) is 9.89. The molecule has 1 heterocycles. The van der Waals surface area contributed by atoms with Crippen molar-refractivity contribution in [2.75, 3.05) is 6.54 Å². The Morgan fingerprint density at radius 1 is 1.21 bits per heavy atom. The normalized spacial score (nSPS) is 19.1. The van der Waals surface area contributed by atoms with Crippen LogP contribution in [-0.2, 0) is 11.4 Å². The molecule has 0 spiro atoms. The molecular formula is C23H23ClN2O2S. The summed E-state index contributed by atoms with van der Waals surface area (Å²) in [5, 5.41) is 4.53. The van der Waals surface area contributed by atoms with E-state index in [2.05, 4.69) is 5.32 Å². The average Bonchev–Trinajstić information content (AvgIpc) is 2.73. The zero-order valence-corrected chi connectivity index (χ0v) is 17.9. The molecule has 4 rings (SSSR count). The van der Waals surface area contributed by atoms with Gasteiger partial charge in [0, 0.05) is 24.2 Å². The fraction of sp³-hybridized carbons (Fsp3) is 0.304. The second-order valence-corrected chi connectivity index (χ2v) is 8.02. The zero-order chi connectivity index (χ0) is 20.4. The van der Waals surface area contributed by atoms with Gasteiger partial charge in [-0.15, -0.1) is 0 Å². The van der Waals surface area contributed by atoms with Crippen LogP contribution in [0, 0.1) is 0 Å². The first-order valence-corrected chi connectivity index (χ1v) is 10.7. The summed E-state index contributed by atoms with van der Waals surface area (Å²) in [5.74, 6) is 0.808. The maximum atomic E-state index is 12.8. The molecule has 2 aliphatic rings.